The fourth-order valence-corrected chi connectivity index (χ4v) is 4.70. The van der Waals surface area contributed by atoms with Crippen LogP contribution >= 0.6 is 0 Å². The molecule has 0 spiro atoms. The van der Waals surface area contributed by atoms with Gasteiger partial charge in [0.05, 0.1) is 0 Å². The fourth-order valence-electron chi connectivity index (χ4n) is 4.70. The second kappa shape index (κ2) is 14.4. The van der Waals surface area contributed by atoms with Crippen molar-refractivity contribution in [1.29, 1.82) is 0 Å². The molecule has 6 rings (SSSR count). The zero-order chi connectivity index (χ0) is 21.8. The largest absolute Gasteiger partial charge is 4.00 e. The molecule has 2 radical (unpaired) electrons. The molecule has 0 unspecified atom stereocenters. The van der Waals surface area contributed by atoms with E-state index in [0.29, 0.717) is 5.92 Å². The topological polar surface area (TPSA) is 0 Å². The van der Waals surface area contributed by atoms with Crippen LogP contribution in [-0.4, -0.2) is 9.52 Å². The van der Waals surface area contributed by atoms with Crippen molar-refractivity contribution in [3.8, 4) is 0 Å². The number of hydrogen-bond acceptors (Lipinski definition) is 0. The third-order valence-electron chi connectivity index (χ3n) is 6.18. The minimum Gasteiger partial charge on any atom is -1.00 e. The maximum atomic E-state index is 2.44. The number of aryl methyl sites for hydroxylation is 2. The Hall–Kier alpha value is -1.18. The van der Waals surface area contributed by atoms with Gasteiger partial charge in [0.25, 0.3) is 0 Å². The minimum atomic E-state index is 0. The van der Waals surface area contributed by atoms with Gasteiger partial charge < -0.3 is 24.8 Å². The van der Waals surface area contributed by atoms with Gasteiger partial charge in [-0.15, -0.1) is 57.9 Å². The summed E-state index contributed by atoms with van der Waals surface area (Å²) in [7, 11) is 1.08. The van der Waals surface area contributed by atoms with Gasteiger partial charge in [-0.1, -0.05) is 79.7 Å². The summed E-state index contributed by atoms with van der Waals surface area (Å²) in [6.45, 7) is 8.87. The van der Waals surface area contributed by atoms with E-state index in [9.17, 15) is 0 Å². The molecule has 34 heavy (non-hydrogen) atoms. The SMILES string of the molecule is CC(C)c1c[cH-]c2cc3c(cc12)CCC3.C[Si]C.[Cl-].[Cl-].[Zr+4].c1ccc2c(c1)ccc1[cH-]ccc12. The van der Waals surface area contributed by atoms with Crippen molar-refractivity contribution in [2.24, 2.45) is 0 Å². The number of benzene rings is 3. The Morgan fingerprint density at radius 3 is 2.15 bits per heavy atom. The van der Waals surface area contributed by atoms with E-state index in [2.05, 4.69) is 106 Å². The Morgan fingerprint density at radius 2 is 1.44 bits per heavy atom. The average molecular weight is 583 g/mol. The number of rotatable bonds is 1. The first-order valence-corrected chi connectivity index (χ1v) is 13.4. The van der Waals surface area contributed by atoms with E-state index in [1.165, 1.54) is 57.1 Å². The predicted molar refractivity (Wildman–Crippen MR) is 140 cm³/mol. The van der Waals surface area contributed by atoms with Crippen molar-refractivity contribution >= 4 is 41.8 Å². The molecular formula is C30H32Cl2SiZr. The van der Waals surface area contributed by atoms with E-state index in [1.54, 1.807) is 11.1 Å². The Bertz CT molecular complexity index is 1300. The molecule has 1 aliphatic carbocycles. The van der Waals surface area contributed by atoms with Crippen LogP contribution in [0.25, 0.3) is 32.3 Å². The third-order valence-corrected chi connectivity index (χ3v) is 6.18. The molecule has 0 atom stereocenters. The van der Waals surface area contributed by atoms with Crippen molar-refractivity contribution < 1.29 is 51.0 Å². The van der Waals surface area contributed by atoms with Gasteiger partial charge in [-0.3, -0.25) is 0 Å². The molecule has 0 aliphatic heterocycles. The van der Waals surface area contributed by atoms with Crippen LogP contribution < -0.4 is 24.8 Å². The van der Waals surface area contributed by atoms with Crippen molar-refractivity contribution in [2.45, 2.75) is 52.1 Å². The molecule has 0 N–H and O–H groups in total. The molecular weight excluding hydrogens is 551 g/mol. The maximum absolute atomic E-state index is 2.44. The minimum absolute atomic E-state index is 0. The van der Waals surface area contributed by atoms with Gasteiger partial charge in [-0.2, -0.15) is 17.7 Å². The molecule has 0 bridgehead atoms. The summed E-state index contributed by atoms with van der Waals surface area (Å²) in [4.78, 5) is 0. The molecule has 0 amide bonds. The summed E-state index contributed by atoms with van der Waals surface area (Å²) < 4.78 is 0. The molecule has 0 heterocycles. The maximum Gasteiger partial charge on any atom is 4.00 e. The van der Waals surface area contributed by atoms with Gasteiger partial charge >= 0.3 is 26.2 Å². The average Bonchev–Trinajstić information content (AvgIpc) is 3.51. The molecule has 0 fully saturated rings. The first-order valence-electron chi connectivity index (χ1n) is 11.4. The predicted octanol–water partition coefficient (Wildman–Crippen LogP) is 2.68. The van der Waals surface area contributed by atoms with Gasteiger partial charge in [0.15, 0.2) is 0 Å². The van der Waals surface area contributed by atoms with E-state index in [1.807, 2.05) is 0 Å². The van der Waals surface area contributed by atoms with Gasteiger partial charge in [0, 0.05) is 9.52 Å². The Kier molecular flexibility index (Phi) is 13.1. The van der Waals surface area contributed by atoms with Gasteiger partial charge in [-0.05, 0) is 24.6 Å². The molecule has 1 aliphatic rings. The number of halogens is 2. The first-order chi connectivity index (χ1) is 15.1. The zero-order valence-electron chi connectivity index (χ0n) is 20.5. The molecule has 0 saturated carbocycles. The quantitative estimate of drug-likeness (QED) is 0.211. The summed E-state index contributed by atoms with van der Waals surface area (Å²) in [6, 6.07) is 28.7. The van der Waals surface area contributed by atoms with Crippen molar-refractivity contribution in [3.63, 3.8) is 0 Å². The van der Waals surface area contributed by atoms with Crippen LogP contribution in [0.15, 0.2) is 78.9 Å². The fraction of sp³-hybridized carbons (Fsp3) is 0.267. The molecule has 0 nitrogen and oxygen atoms in total. The molecule has 0 aromatic heterocycles. The van der Waals surface area contributed by atoms with Crippen LogP contribution in [0, 0.1) is 0 Å². The van der Waals surface area contributed by atoms with E-state index in [4.69, 9.17) is 0 Å². The normalized spacial score (nSPS) is 11.4. The van der Waals surface area contributed by atoms with E-state index < -0.39 is 0 Å². The van der Waals surface area contributed by atoms with Gasteiger partial charge in [0.2, 0.25) is 0 Å². The van der Waals surface area contributed by atoms with Crippen LogP contribution in [0.1, 0.15) is 42.9 Å². The number of fused-ring (bicyclic) bond motifs is 5. The van der Waals surface area contributed by atoms with Crippen LogP contribution in [0.3, 0.4) is 0 Å². The van der Waals surface area contributed by atoms with Crippen LogP contribution in [0.4, 0.5) is 0 Å². The Morgan fingerprint density at radius 1 is 0.765 bits per heavy atom. The molecule has 4 heteroatoms. The third kappa shape index (κ3) is 6.73. The van der Waals surface area contributed by atoms with Gasteiger partial charge in [-0.25, -0.2) is 0 Å². The van der Waals surface area contributed by atoms with E-state index >= 15 is 0 Å². The van der Waals surface area contributed by atoms with Crippen molar-refractivity contribution in [3.05, 3.63) is 95.6 Å². The molecule has 0 saturated heterocycles. The monoisotopic (exact) mass is 580 g/mol. The van der Waals surface area contributed by atoms with E-state index in [0.717, 1.165) is 9.52 Å². The second-order valence-corrected chi connectivity index (χ2v) is 9.82. The van der Waals surface area contributed by atoms with E-state index in [-0.39, 0.29) is 51.0 Å². The summed E-state index contributed by atoms with van der Waals surface area (Å²) in [6.07, 6.45) is 3.92. The van der Waals surface area contributed by atoms with Crippen molar-refractivity contribution in [1.82, 2.24) is 0 Å². The Balaban J connectivity index is 0.000000285. The molecule has 5 aromatic carbocycles. The van der Waals surface area contributed by atoms with Crippen LogP contribution in [0.5, 0.6) is 0 Å². The van der Waals surface area contributed by atoms with Crippen LogP contribution in [-0.2, 0) is 39.0 Å². The summed E-state index contributed by atoms with van der Waals surface area (Å²) in [5, 5.41) is 8.30. The molecule has 174 valence electrons. The number of hydrogen-bond donors (Lipinski definition) is 0. The van der Waals surface area contributed by atoms with Crippen molar-refractivity contribution in [2.75, 3.05) is 0 Å². The zero-order valence-corrected chi connectivity index (χ0v) is 25.4. The molecule has 5 aromatic rings. The summed E-state index contributed by atoms with van der Waals surface area (Å²) in [5.41, 5.74) is 4.69. The standard InChI is InChI=1S/C15H17.C13H9.C2H6Si.2ClH.Zr/c1-10(2)14-7-6-13-8-11-4-3-5-12(11)9-15(13)14;1-2-6-12-10(4-1)8-9-11-5-3-7-13(11)12;1-3-2;;;/h6-10H,3-5H2,1-2H3;1-9H;1-2H3;2*1H;/q2*-1;;;;+4/p-2. The Labute approximate surface area is 239 Å². The van der Waals surface area contributed by atoms with Gasteiger partial charge in [0.1, 0.15) is 0 Å². The second-order valence-electron chi connectivity index (χ2n) is 8.82. The summed E-state index contributed by atoms with van der Waals surface area (Å²) >= 11 is 0. The summed E-state index contributed by atoms with van der Waals surface area (Å²) in [5.74, 6) is 0.641. The van der Waals surface area contributed by atoms with Crippen LogP contribution in [0.2, 0.25) is 13.1 Å². The first kappa shape index (κ1) is 30.9. The smallest absolute Gasteiger partial charge is 1.00 e.